The molecule has 0 spiro atoms. The zero-order chi connectivity index (χ0) is 13.3. The Labute approximate surface area is 99.5 Å². The maximum Gasteiger partial charge on any atom is 0.336 e. The Bertz CT molecular complexity index is 659. The van der Waals surface area contributed by atoms with Crippen LogP contribution in [0.5, 0.6) is 0 Å². The molecule has 0 bridgehead atoms. The van der Waals surface area contributed by atoms with E-state index in [0.29, 0.717) is 0 Å². The standard InChI is InChI=1S/C12H7F2NO3/c13-8-2-1-3-9(14)11(8)7-5-15-10(16)4-6(7)12(17)18/h1-5H,(H,15,16)(H,17,18). The van der Waals surface area contributed by atoms with E-state index in [0.717, 1.165) is 24.4 Å². The fraction of sp³-hybridized carbons (Fsp3) is 0. The summed E-state index contributed by atoms with van der Waals surface area (Å²) in [5.74, 6) is -3.23. The first-order valence-corrected chi connectivity index (χ1v) is 4.91. The van der Waals surface area contributed by atoms with Gasteiger partial charge in [-0.15, -0.1) is 0 Å². The maximum atomic E-state index is 13.6. The third kappa shape index (κ3) is 2.00. The smallest absolute Gasteiger partial charge is 0.336 e. The fourth-order valence-electron chi connectivity index (χ4n) is 1.61. The molecule has 92 valence electrons. The third-order valence-corrected chi connectivity index (χ3v) is 2.39. The lowest BCUT2D eigenvalue weighted by molar-refractivity contribution is 0.0697. The molecule has 1 aromatic heterocycles. The number of carboxylic acids is 1. The van der Waals surface area contributed by atoms with Gasteiger partial charge in [-0.2, -0.15) is 0 Å². The van der Waals surface area contributed by atoms with Gasteiger partial charge in [0.15, 0.2) is 0 Å². The molecule has 0 radical (unpaired) electrons. The Kier molecular flexibility index (Phi) is 2.93. The molecule has 0 aliphatic rings. The Morgan fingerprint density at radius 3 is 2.39 bits per heavy atom. The Morgan fingerprint density at radius 1 is 1.22 bits per heavy atom. The third-order valence-electron chi connectivity index (χ3n) is 2.39. The van der Waals surface area contributed by atoms with E-state index in [9.17, 15) is 18.4 Å². The van der Waals surface area contributed by atoms with Crippen LogP contribution in [-0.2, 0) is 0 Å². The van der Waals surface area contributed by atoms with Crippen LogP contribution in [0.2, 0.25) is 0 Å². The lowest BCUT2D eigenvalue weighted by Crippen LogP contribution is -2.11. The van der Waals surface area contributed by atoms with Crippen LogP contribution in [0.25, 0.3) is 11.1 Å². The van der Waals surface area contributed by atoms with Crippen LogP contribution >= 0.6 is 0 Å². The number of nitrogens with one attached hydrogen (secondary N) is 1. The van der Waals surface area contributed by atoms with Gasteiger partial charge in [-0.05, 0) is 12.1 Å². The van der Waals surface area contributed by atoms with Crippen molar-refractivity contribution >= 4 is 5.97 Å². The van der Waals surface area contributed by atoms with E-state index in [1.54, 1.807) is 0 Å². The first-order valence-electron chi connectivity index (χ1n) is 4.91. The molecule has 0 saturated heterocycles. The number of aromatic amines is 1. The molecular formula is C12H7F2NO3. The van der Waals surface area contributed by atoms with E-state index in [-0.39, 0.29) is 5.56 Å². The second-order valence-electron chi connectivity index (χ2n) is 3.53. The maximum absolute atomic E-state index is 13.6. The second kappa shape index (κ2) is 4.40. The van der Waals surface area contributed by atoms with Crippen molar-refractivity contribution in [1.29, 1.82) is 0 Å². The molecule has 0 atom stereocenters. The van der Waals surface area contributed by atoms with Crippen LogP contribution in [0.15, 0.2) is 35.3 Å². The number of carboxylic acid groups (broad SMARTS) is 1. The van der Waals surface area contributed by atoms with Gasteiger partial charge in [-0.3, -0.25) is 4.79 Å². The number of H-pyrrole nitrogens is 1. The summed E-state index contributed by atoms with van der Waals surface area (Å²) in [4.78, 5) is 24.2. The van der Waals surface area contributed by atoms with E-state index < -0.39 is 34.3 Å². The largest absolute Gasteiger partial charge is 0.478 e. The molecule has 0 saturated carbocycles. The highest BCUT2D eigenvalue weighted by Gasteiger charge is 2.18. The number of halogens is 2. The molecule has 0 aliphatic carbocycles. The number of hydrogen-bond donors (Lipinski definition) is 2. The van der Waals surface area contributed by atoms with Crippen LogP contribution in [-0.4, -0.2) is 16.1 Å². The van der Waals surface area contributed by atoms with Gasteiger partial charge in [-0.1, -0.05) is 6.07 Å². The molecule has 1 aromatic carbocycles. The first-order chi connectivity index (χ1) is 8.50. The topological polar surface area (TPSA) is 70.2 Å². The summed E-state index contributed by atoms with van der Waals surface area (Å²) in [6.07, 6.45) is 0.979. The van der Waals surface area contributed by atoms with E-state index in [4.69, 9.17) is 5.11 Å². The number of carbonyl (C=O) groups is 1. The summed E-state index contributed by atoms with van der Waals surface area (Å²) < 4.78 is 27.1. The molecular weight excluding hydrogens is 244 g/mol. The summed E-state index contributed by atoms with van der Waals surface area (Å²) >= 11 is 0. The van der Waals surface area contributed by atoms with Gasteiger partial charge < -0.3 is 10.1 Å². The van der Waals surface area contributed by atoms with Crippen molar-refractivity contribution in [3.8, 4) is 11.1 Å². The van der Waals surface area contributed by atoms with Gasteiger partial charge >= 0.3 is 5.97 Å². The SMILES string of the molecule is O=C(O)c1cc(=O)[nH]cc1-c1c(F)cccc1F. The highest BCUT2D eigenvalue weighted by molar-refractivity contribution is 5.95. The lowest BCUT2D eigenvalue weighted by atomic mass is 10.0. The van der Waals surface area contributed by atoms with Crippen molar-refractivity contribution in [3.05, 3.63) is 58.0 Å². The highest BCUT2D eigenvalue weighted by atomic mass is 19.1. The zero-order valence-corrected chi connectivity index (χ0v) is 8.91. The van der Waals surface area contributed by atoms with Crippen LogP contribution in [0.1, 0.15) is 10.4 Å². The average molecular weight is 251 g/mol. The van der Waals surface area contributed by atoms with Gasteiger partial charge in [0, 0.05) is 17.8 Å². The van der Waals surface area contributed by atoms with Crippen molar-refractivity contribution in [2.75, 3.05) is 0 Å². The second-order valence-corrected chi connectivity index (χ2v) is 3.53. The Balaban J connectivity index is 2.79. The number of aromatic nitrogens is 1. The van der Waals surface area contributed by atoms with Crippen molar-refractivity contribution in [1.82, 2.24) is 4.98 Å². The summed E-state index contributed by atoms with van der Waals surface area (Å²) in [5.41, 5.74) is -1.81. The van der Waals surface area contributed by atoms with Crippen molar-refractivity contribution in [2.24, 2.45) is 0 Å². The minimum atomic E-state index is -1.43. The van der Waals surface area contributed by atoms with Crippen molar-refractivity contribution in [3.63, 3.8) is 0 Å². The molecule has 2 rings (SSSR count). The van der Waals surface area contributed by atoms with Crippen LogP contribution in [0.4, 0.5) is 8.78 Å². The van der Waals surface area contributed by atoms with Gasteiger partial charge in [0.25, 0.3) is 0 Å². The van der Waals surface area contributed by atoms with Crippen LogP contribution in [0, 0.1) is 11.6 Å². The van der Waals surface area contributed by atoms with Crippen molar-refractivity contribution in [2.45, 2.75) is 0 Å². The predicted molar refractivity (Wildman–Crippen MR) is 59.4 cm³/mol. The van der Waals surface area contributed by atoms with E-state index >= 15 is 0 Å². The molecule has 6 heteroatoms. The number of hydrogen-bond acceptors (Lipinski definition) is 2. The molecule has 18 heavy (non-hydrogen) atoms. The molecule has 0 aliphatic heterocycles. The van der Waals surface area contributed by atoms with Gasteiger partial charge in [-0.25, -0.2) is 13.6 Å². The summed E-state index contributed by atoms with van der Waals surface area (Å²) in [5, 5.41) is 8.94. The van der Waals surface area contributed by atoms with Gasteiger partial charge in [0.2, 0.25) is 5.56 Å². The zero-order valence-electron chi connectivity index (χ0n) is 8.91. The van der Waals surface area contributed by atoms with E-state index in [1.807, 2.05) is 0 Å². The van der Waals surface area contributed by atoms with Crippen molar-refractivity contribution < 1.29 is 18.7 Å². The fourth-order valence-corrected chi connectivity index (χ4v) is 1.61. The van der Waals surface area contributed by atoms with E-state index in [2.05, 4.69) is 4.98 Å². The molecule has 4 nitrogen and oxygen atoms in total. The molecule has 2 aromatic rings. The minimum absolute atomic E-state index is 0.210. The van der Waals surface area contributed by atoms with E-state index in [1.165, 1.54) is 6.07 Å². The Morgan fingerprint density at radius 2 is 1.83 bits per heavy atom. The van der Waals surface area contributed by atoms with Gasteiger partial charge in [0.05, 0.1) is 11.1 Å². The van der Waals surface area contributed by atoms with Gasteiger partial charge in [0.1, 0.15) is 11.6 Å². The monoisotopic (exact) mass is 251 g/mol. The molecule has 0 fully saturated rings. The molecule has 0 unspecified atom stereocenters. The van der Waals surface area contributed by atoms with Crippen LogP contribution < -0.4 is 5.56 Å². The summed E-state index contributed by atoms with van der Waals surface area (Å²) in [6.45, 7) is 0. The minimum Gasteiger partial charge on any atom is -0.478 e. The number of aromatic carboxylic acids is 1. The quantitative estimate of drug-likeness (QED) is 0.857. The molecule has 1 heterocycles. The predicted octanol–water partition coefficient (Wildman–Crippen LogP) is 2.02. The highest BCUT2D eigenvalue weighted by Crippen LogP contribution is 2.27. The normalized spacial score (nSPS) is 10.3. The summed E-state index contributed by atoms with van der Waals surface area (Å²) in [6, 6.07) is 3.97. The Hall–Kier alpha value is -2.50. The average Bonchev–Trinajstić information content (AvgIpc) is 2.30. The number of rotatable bonds is 2. The number of benzene rings is 1. The number of pyridine rings is 1. The molecule has 0 amide bonds. The summed E-state index contributed by atoms with van der Waals surface area (Å²) in [7, 11) is 0. The van der Waals surface area contributed by atoms with Crippen LogP contribution in [0.3, 0.4) is 0 Å². The molecule has 2 N–H and O–H groups in total. The first kappa shape index (κ1) is 12.0. The lowest BCUT2D eigenvalue weighted by Gasteiger charge is -2.07.